The van der Waals surface area contributed by atoms with Crippen LogP contribution >= 0.6 is 0 Å². The summed E-state index contributed by atoms with van der Waals surface area (Å²) < 4.78 is 27.8. The molecule has 0 unspecified atom stereocenters. The molecule has 5 atom stereocenters. The predicted molar refractivity (Wildman–Crippen MR) is 106 cm³/mol. The van der Waals surface area contributed by atoms with E-state index in [1.54, 1.807) is 12.1 Å². The number of amides is 1. The lowest BCUT2D eigenvalue weighted by atomic mass is 9.96. The minimum atomic E-state index is -1.16. The van der Waals surface area contributed by atoms with Gasteiger partial charge in [0.25, 0.3) is 0 Å². The van der Waals surface area contributed by atoms with Gasteiger partial charge in [0.15, 0.2) is 12.2 Å². The van der Waals surface area contributed by atoms with Crippen molar-refractivity contribution in [2.45, 2.75) is 65.3 Å². The molecule has 1 aliphatic heterocycles. The summed E-state index contributed by atoms with van der Waals surface area (Å²) in [7, 11) is 0. The lowest BCUT2D eigenvalue weighted by molar-refractivity contribution is -0.257. The number of nitrogens with one attached hydrogen (secondary N) is 1. The van der Waals surface area contributed by atoms with Crippen molar-refractivity contribution in [2.24, 2.45) is 0 Å². The molecule has 2 rings (SSSR count). The van der Waals surface area contributed by atoms with E-state index in [0.717, 1.165) is 5.56 Å². The summed E-state index contributed by atoms with van der Waals surface area (Å²) in [6.07, 6.45) is -4.47. The fourth-order valence-corrected chi connectivity index (χ4v) is 3.21. The summed E-state index contributed by atoms with van der Waals surface area (Å²) in [5, 5.41) is 2.65. The fourth-order valence-electron chi connectivity index (χ4n) is 3.21. The number of carbonyl (C=O) groups is 4. The Labute approximate surface area is 180 Å². The quantitative estimate of drug-likeness (QED) is 0.491. The molecule has 1 aromatic carbocycles. The average Bonchev–Trinajstić information content (AvgIpc) is 2.65. The van der Waals surface area contributed by atoms with Crippen molar-refractivity contribution < 1.29 is 42.9 Å². The minimum absolute atomic E-state index is 0.286. The van der Waals surface area contributed by atoms with Crippen LogP contribution in [-0.4, -0.2) is 61.1 Å². The van der Waals surface area contributed by atoms with Crippen molar-refractivity contribution in [3.05, 3.63) is 29.8 Å². The molecule has 0 aromatic heterocycles. The largest absolute Gasteiger partial charge is 0.463 e. The van der Waals surface area contributed by atoms with E-state index in [1.807, 2.05) is 19.1 Å². The summed E-state index contributed by atoms with van der Waals surface area (Å²) in [4.78, 5) is 46.8. The van der Waals surface area contributed by atoms with Crippen molar-refractivity contribution in [3.63, 3.8) is 0 Å². The molecule has 1 amide bonds. The van der Waals surface area contributed by atoms with E-state index >= 15 is 0 Å². The molecule has 1 aromatic rings. The number of esters is 3. The van der Waals surface area contributed by atoms with E-state index in [-0.39, 0.29) is 6.61 Å². The highest BCUT2D eigenvalue weighted by Gasteiger charge is 2.52. The molecule has 1 heterocycles. The standard InChI is InChI=1S/C21H27NO9/c1-11-8-6-7-9-16(11)30-21-18(22-12(2)23)20(29-15(5)26)19(28-14(4)25)17(31-21)10-27-13(3)24/h6-9,17-21H,10H2,1-5H3,(H,22,23)/t17-,18-,19-,20-,21+/m1/s1. The number of carbonyl (C=O) groups excluding carboxylic acids is 4. The third-order valence-electron chi connectivity index (χ3n) is 4.41. The first kappa shape index (κ1) is 24.1. The maximum atomic E-state index is 11.9. The number of rotatable bonds is 7. The SMILES string of the molecule is CC(=O)N[C@H]1[C@@H](Oc2ccccc2C)O[C@H](COC(C)=O)[C@@H](OC(C)=O)[C@@H]1OC(C)=O. The summed E-state index contributed by atoms with van der Waals surface area (Å²) >= 11 is 0. The van der Waals surface area contributed by atoms with Crippen LogP contribution in [0.4, 0.5) is 0 Å². The number of hydrogen-bond acceptors (Lipinski definition) is 9. The number of benzene rings is 1. The van der Waals surface area contributed by atoms with Gasteiger partial charge in [-0.15, -0.1) is 0 Å². The van der Waals surface area contributed by atoms with Gasteiger partial charge >= 0.3 is 17.9 Å². The van der Waals surface area contributed by atoms with E-state index in [1.165, 1.54) is 27.7 Å². The maximum Gasteiger partial charge on any atom is 0.303 e. The van der Waals surface area contributed by atoms with Crippen molar-refractivity contribution in [1.82, 2.24) is 5.32 Å². The van der Waals surface area contributed by atoms with Crippen molar-refractivity contribution in [2.75, 3.05) is 6.61 Å². The normalized spacial score (nSPS) is 25.1. The second-order valence-electron chi connectivity index (χ2n) is 7.10. The first-order valence-electron chi connectivity index (χ1n) is 9.71. The number of para-hydroxylation sites is 1. The summed E-state index contributed by atoms with van der Waals surface area (Å²) in [5.41, 5.74) is 0.801. The van der Waals surface area contributed by atoms with Crippen LogP contribution < -0.4 is 10.1 Å². The molecule has 1 saturated heterocycles. The van der Waals surface area contributed by atoms with Gasteiger partial charge in [0.05, 0.1) is 0 Å². The minimum Gasteiger partial charge on any atom is -0.463 e. The second-order valence-corrected chi connectivity index (χ2v) is 7.10. The van der Waals surface area contributed by atoms with Crippen LogP contribution in [-0.2, 0) is 38.1 Å². The van der Waals surface area contributed by atoms with Crippen LogP contribution in [0, 0.1) is 6.92 Å². The second kappa shape index (κ2) is 10.8. The van der Waals surface area contributed by atoms with Crippen LogP contribution in [0.5, 0.6) is 5.75 Å². The monoisotopic (exact) mass is 437 g/mol. The summed E-state index contributed by atoms with van der Waals surface area (Å²) in [6.45, 7) is 6.40. The topological polar surface area (TPSA) is 126 Å². The molecule has 1 fully saturated rings. The molecular weight excluding hydrogens is 410 g/mol. The van der Waals surface area contributed by atoms with Gasteiger partial charge in [-0.2, -0.15) is 0 Å². The lowest BCUT2D eigenvalue weighted by Crippen LogP contribution is -2.67. The highest BCUT2D eigenvalue weighted by atomic mass is 16.7. The molecular formula is C21H27NO9. The van der Waals surface area contributed by atoms with E-state index < -0.39 is 54.5 Å². The Morgan fingerprint density at radius 2 is 1.55 bits per heavy atom. The first-order chi connectivity index (χ1) is 14.6. The summed E-state index contributed by atoms with van der Waals surface area (Å²) in [5.74, 6) is -1.88. The van der Waals surface area contributed by atoms with E-state index in [2.05, 4.69) is 5.32 Å². The van der Waals surface area contributed by atoms with Gasteiger partial charge in [0.2, 0.25) is 12.2 Å². The Hall–Kier alpha value is -3.14. The van der Waals surface area contributed by atoms with Gasteiger partial charge in [-0.3, -0.25) is 19.2 Å². The van der Waals surface area contributed by atoms with Crippen molar-refractivity contribution >= 4 is 23.8 Å². The fraction of sp³-hybridized carbons (Fsp3) is 0.524. The zero-order valence-corrected chi connectivity index (χ0v) is 18.1. The molecule has 170 valence electrons. The van der Waals surface area contributed by atoms with Crippen molar-refractivity contribution in [3.8, 4) is 5.75 Å². The van der Waals surface area contributed by atoms with Crippen LogP contribution in [0.25, 0.3) is 0 Å². The van der Waals surface area contributed by atoms with Gasteiger partial charge in [-0.25, -0.2) is 0 Å². The zero-order valence-electron chi connectivity index (χ0n) is 18.1. The van der Waals surface area contributed by atoms with Crippen LogP contribution in [0.2, 0.25) is 0 Å². The Kier molecular flexibility index (Phi) is 8.38. The molecule has 0 aliphatic carbocycles. The molecule has 1 aliphatic rings. The number of ether oxygens (including phenoxy) is 5. The van der Waals surface area contributed by atoms with Crippen LogP contribution in [0.15, 0.2) is 24.3 Å². The first-order valence-corrected chi connectivity index (χ1v) is 9.71. The Bertz CT molecular complexity index is 825. The number of hydrogen-bond donors (Lipinski definition) is 1. The molecule has 0 bridgehead atoms. The third kappa shape index (κ3) is 6.95. The van der Waals surface area contributed by atoms with E-state index in [9.17, 15) is 19.2 Å². The maximum absolute atomic E-state index is 11.9. The molecule has 10 nitrogen and oxygen atoms in total. The van der Waals surface area contributed by atoms with Crippen LogP contribution in [0.1, 0.15) is 33.3 Å². The molecule has 0 radical (unpaired) electrons. The molecule has 1 N–H and O–H groups in total. The zero-order chi connectivity index (χ0) is 23.1. The summed E-state index contributed by atoms with van der Waals surface area (Å²) in [6, 6.07) is 6.12. The molecule has 31 heavy (non-hydrogen) atoms. The Balaban J connectivity index is 2.46. The Morgan fingerprint density at radius 1 is 0.935 bits per heavy atom. The smallest absolute Gasteiger partial charge is 0.303 e. The van der Waals surface area contributed by atoms with Gasteiger partial charge < -0.3 is 29.0 Å². The predicted octanol–water partition coefficient (Wildman–Crippen LogP) is 1.03. The highest BCUT2D eigenvalue weighted by Crippen LogP contribution is 2.30. The molecule has 0 spiro atoms. The Morgan fingerprint density at radius 3 is 2.10 bits per heavy atom. The lowest BCUT2D eigenvalue weighted by Gasteiger charge is -2.44. The third-order valence-corrected chi connectivity index (χ3v) is 4.41. The van der Waals surface area contributed by atoms with Gasteiger partial charge in [-0.05, 0) is 18.6 Å². The highest BCUT2D eigenvalue weighted by molar-refractivity contribution is 5.73. The van der Waals surface area contributed by atoms with Gasteiger partial charge in [0.1, 0.15) is 24.5 Å². The molecule has 10 heteroatoms. The van der Waals surface area contributed by atoms with Crippen molar-refractivity contribution in [1.29, 1.82) is 0 Å². The van der Waals surface area contributed by atoms with Gasteiger partial charge in [0, 0.05) is 27.7 Å². The van der Waals surface area contributed by atoms with E-state index in [4.69, 9.17) is 23.7 Å². The average molecular weight is 437 g/mol. The molecule has 0 saturated carbocycles. The van der Waals surface area contributed by atoms with Gasteiger partial charge in [-0.1, -0.05) is 18.2 Å². The van der Waals surface area contributed by atoms with E-state index in [0.29, 0.717) is 5.75 Å². The van der Waals surface area contributed by atoms with Crippen LogP contribution in [0.3, 0.4) is 0 Å². The number of aryl methyl sites for hydroxylation is 1.